The van der Waals surface area contributed by atoms with E-state index in [0.717, 1.165) is 126 Å². The molecule has 1 spiro atoms. The molecule has 8 saturated carbocycles. The molecule has 4 bridgehead atoms. The van der Waals surface area contributed by atoms with Crippen molar-refractivity contribution in [1.82, 2.24) is 24.5 Å². The summed E-state index contributed by atoms with van der Waals surface area (Å²) in [5.74, 6) is 2.42. The normalized spacial score (nSPS) is 42.6. The summed E-state index contributed by atoms with van der Waals surface area (Å²) in [4.78, 5) is 41.9. The number of nitrogens with zero attached hydrogens (tertiary/aromatic N) is 5. The Bertz CT molecular complexity index is 3870. The van der Waals surface area contributed by atoms with Gasteiger partial charge in [-0.15, -0.1) is 5.10 Å². The number of nitrogen functional groups attached to an aromatic ring is 1. The van der Waals surface area contributed by atoms with Crippen molar-refractivity contribution >= 4 is 34.3 Å². The minimum atomic E-state index is -4.03. The van der Waals surface area contributed by atoms with Gasteiger partial charge in [0.05, 0.1) is 62.6 Å². The Morgan fingerprint density at radius 1 is 0.679 bits per heavy atom. The minimum Gasteiger partial charge on any atom is -0.481 e. The van der Waals surface area contributed by atoms with Gasteiger partial charge in [-0.25, -0.2) is 4.79 Å². The van der Waals surface area contributed by atoms with Crippen molar-refractivity contribution in [2.24, 2.45) is 125 Å². The molecule has 6 N–H and O–H groups in total. The van der Waals surface area contributed by atoms with Crippen LogP contribution in [-0.4, -0.2) is 130 Å². The number of hydrogen-bond acceptors (Lipinski definition) is 17. The molecule has 1 amide bonds. The van der Waals surface area contributed by atoms with Crippen LogP contribution in [0, 0.1) is 119 Å². The summed E-state index contributed by atoms with van der Waals surface area (Å²) < 4.78 is 61.4. The number of nitrogens with two attached hydrogens (primary N) is 2. The van der Waals surface area contributed by atoms with Crippen molar-refractivity contribution in [2.75, 3.05) is 45.4 Å². The first-order chi connectivity index (χ1) is 51.0. The van der Waals surface area contributed by atoms with Crippen molar-refractivity contribution < 1.29 is 60.9 Å². The van der Waals surface area contributed by atoms with E-state index < -0.39 is 39.4 Å². The van der Waals surface area contributed by atoms with E-state index in [2.05, 4.69) is 131 Å². The predicted molar refractivity (Wildman–Crippen MR) is 421 cm³/mol. The second kappa shape index (κ2) is 29.0. The Labute approximate surface area is 653 Å². The number of rotatable bonds is 13. The number of carboxylic acid groups (broad SMARTS) is 1. The molecule has 0 unspecified atom stereocenters. The summed E-state index contributed by atoms with van der Waals surface area (Å²) in [5, 5.41) is 35.6. The van der Waals surface area contributed by atoms with Gasteiger partial charge in [0, 0.05) is 33.8 Å². The topological polar surface area (TPSA) is 280 Å². The molecule has 610 valence electrons. The number of hydrogen-bond donors (Lipinski definition) is 4. The predicted octanol–water partition coefficient (Wildman–Crippen LogP) is 16.9. The maximum atomic E-state index is 14.5. The maximum Gasteiger partial charge on any atom is 0.426 e. The number of carbonyl (C=O) groups is 3. The average molecular weight is 1540 g/mol. The molecule has 109 heavy (non-hydrogen) atoms. The van der Waals surface area contributed by atoms with E-state index in [9.17, 15) is 33.0 Å². The SMILES string of the molecule is CC(C)(C)OC(=O)N1C2(CCCC2)CCOS1(=O)=O.CC(C)[C@@H](C)[C@@]1(C)CC[C@]2(C)[C@H]3CC[C@@H]4[C@@]5(COC[C@@]4(C)[C@@H](O)[C@H](C)C5)C3=CC[C@@]2(C)[C@@H]1C(=O)OCc1ccccc1.CC(C)[C@@H](C)[C@@]1(C)CC[C@]2(C)[C@H]3CC[C@@H]4[C@@]5(COC[C@@]4(C)[C@@H](OCCC4(N)CCCC4)[C@H](n4nnc(N)n4)C5)C3=CC[C@@]2(C)[C@@H]1C(=O)O. The molecular formula is C88H139N7O13S. The Balaban J connectivity index is 0.000000156. The summed E-state index contributed by atoms with van der Waals surface area (Å²) in [6.45, 7) is 44.1. The zero-order valence-corrected chi connectivity index (χ0v) is 70.6. The van der Waals surface area contributed by atoms with Gasteiger partial charge in [0.1, 0.15) is 18.2 Å². The average Bonchev–Trinajstić information content (AvgIpc) is 1.24. The van der Waals surface area contributed by atoms with Gasteiger partial charge in [0.25, 0.3) is 5.95 Å². The van der Waals surface area contributed by atoms with Gasteiger partial charge in [-0.1, -0.05) is 188 Å². The highest BCUT2D eigenvalue weighted by Gasteiger charge is 2.75. The number of amides is 1. The van der Waals surface area contributed by atoms with Gasteiger partial charge >= 0.3 is 28.3 Å². The van der Waals surface area contributed by atoms with Gasteiger partial charge in [-0.05, 0) is 233 Å². The number of carboxylic acids is 1. The molecule has 1 aromatic heterocycles. The standard InChI is InChI=1S/C38H62N6O4.C38H56O4.C12H21NO5S/c1-23(2)24(3)33(4)16-17-35(6)25-10-11-28-34(5)21-47-22-38(28,26(25)12-15-36(35,7)29(33)31(45)46)20-27(44-42-32(39)41-43-44)30(34)48-19-18-37(40)13-8-9-14-37;1-24(2)26(4)34(5)18-19-36(7)28-14-15-30-35(6)22-41-23-38(30,20-25(3)32(35)39)29(28)16-17-37(36,8)31(34)33(40)42-21-27-12-10-9-11-13-27;1-11(2,3)18-10(14)13-12(6-4-5-7-12)8-9-17-19(13,15)16/h12,23-25,27-30H,8-11,13-22,40H2,1-7H3,(H2,39,42)(H,45,46);9-13,16,24-26,28,30-32,39H,14-15,17-23H2,1-8H3;4-9H2,1-3H3/t24-,25+,27-,28+,29-,30+,33-,34-,35-,36+,38+;25-,26-,28+,30+,31-,32+,34-,35-,36-,37+,38+;/m11./s1. The van der Waals surface area contributed by atoms with E-state index >= 15 is 0 Å². The zero-order chi connectivity index (χ0) is 79.1. The molecule has 3 aliphatic heterocycles. The smallest absolute Gasteiger partial charge is 0.426 e. The molecule has 20 nitrogen and oxygen atoms in total. The third-order valence-corrected chi connectivity index (χ3v) is 36.0. The number of anilines is 1. The van der Waals surface area contributed by atoms with E-state index in [1.165, 1.54) is 18.4 Å². The minimum absolute atomic E-state index is 0.00338. The molecule has 2 aromatic rings. The van der Waals surface area contributed by atoms with Crippen LogP contribution in [0.2, 0.25) is 0 Å². The second-order valence-corrected chi connectivity index (χ2v) is 43.1. The number of esters is 1. The van der Waals surface area contributed by atoms with E-state index in [1.54, 1.807) is 31.1 Å². The van der Waals surface area contributed by atoms with Crippen LogP contribution < -0.4 is 11.5 Å². The largest absolute Gasteiger partial charge is 0.481 e. The van der Waals surface area contributed by atoms with E-state index in [0.29, 0.717) is 99.6 Å². The summed E-state index contributed by atoms with van der Waals surface area (Å²) in [6, 6.07) is 9.99. The molecule has 13 aliphatic rings. The number of carbonyl (C=O) groups excluding carboxylic acids is 2. The number of benzene rings is 1. The van der Waals surface area contributed by atoms with Crippen molar-refractivity contribution in [2.45, 2.75) is 307 Å². The Kier molecular flexibility index (Phi) is 22.0. The van der Waals surface area contributed by atoms with Crippen LogP contribution in [0.4, 0.5) is 10.7 Å². The second-order valence-electron chi connectivity index (χ2n) is 41.6. The number of allylic oxidation sites excluding steroid dienone is 2. The lowest BCUT2D eigenvalue weighted by atomic mass is 9.34. The van der Waals surface area contributed by atoms with Crippen LogP contribution in [-0.2, 0) is 54.4 Å². The molecule has 22 atom stereocenters. The van der Waals surface area contributed by atoms with Crippen LogP contribution in [0.1, 0.15) is 277 Å². The highest BCUT2D eigenvalue weighted by Crippen LogP contribution is 2.78. The quantitative estimate of drug-likeness (QED) is 0.107. The number of aromatic nitrogens is 4. The molecule has 11 fully saturated rings. The summed E-state index contributed by atoms with van der Waals surface area (Å²) >= 11 is 0. The molecular weight excluding hydrogens is 1400 g/mol. The van der Waals surface area contributed by atoms with Gasteiger partial charge < -0.3 is 45.4 Å². The van der Waals surface area contributed by atoms with Crippen LogP contribution in [0.25, 0.3) is 0 Å². The molecule has 10 aliphatic carbocycles. The third-order valence-electron chi connectivity index (χ3n) is 34.5. The molecule has 4 heterocycles. The number of ether oxygens (including phenoxy) is 5. The Morgan fingerprint density at radius 3 is 1.73 bits per heavy atom. The zero-order valence-electron chi connectivity index (χ0n) is 69.8. The molecule has 21 heteroatoms. The molecule has 15 rings (SSSR count). The van der Waals surface area contributed by atoms with Gasteiger partial charge in [-0.3, -0.25) is 13.8 Å². The van der Waals surface area contributed by atoms with Crippen molar-refractivity contribution in [1.29, 1.82) is 0 Å². The van der Waals surface area contributed by atoms with E-state index in [1.807, 2.05) is 30.3 Å². The van der Waals surface area contributed by atoms with Crippen molar-refractivity contribution in [3.05, 3.63) is 59.2 Å². The highest BCUT2D eigenvalue weighted by molar-refractivity contribution is 7.85. The maximum absolute atomic E-state index is 14.5. The molecule has 0 radical (unpaired) electrons. The lowest BCUT2D eigenvalue weighted by molar-refractivity contribution is -0.251. The first-order valence-electron chi connectivity index (χ1n) is 42.5. The van der Waals surface area contributed by atoms with Crippen LogP contribution in [0.15, 0.2) is 53.6 Å². The number of tetrazole rings is 1. The van der Waals surface area contributed by atoms with Crippen LogP contribution in [0.5, 0.6) is 0 Å². The fourth-order valence-electron chi connectivity index (χ4n) is 27.8. The number of aliphatic carboxylic acids is 1. The monoisotopic (exact) mass is 1530 g/mol. The fraction of sp³-hybridized carbons (Fsp3) is 0.841. The van der Waals surface area contributed by atoms with Gasteiger partial charge in [0.15, 0.2) is 0 Å². The first-order valence-corrected chi connectivity index (χ1v) is 43.9. The van der Waals surface area contributed by atoms with Crippen LogP contribution >= 0.6 is 0 Å². The highest BCUT2D eigenvalue weighted by atomic mass is 32.2. The summed E-state index contributed by atoms with van der Waals surface area (Å²) in [6.07, 6.45) is 25.0. The van der Waals surface area contributed by atoms with Crippen molar-refractivity contribution in [3.8, 4) is 0 Å². The first kappa shape index (κ1) is 82.5. The van der Waals surface area contributed by atoms with E-state index in [4.69, 9.17) is 39.3 Å². The van der Waals surface area contributed by atoms with E-state index in [-0.39, 0.29) is 108 Å². The Morgan fingerprint density at radius 2 is 1.20 bits per heavy atom. The molecule has 1 aromatic carbocycles. The van der Waals surface area contributed by atoms with Gasteiger partial charge in [0.2, 0.25) is 0 Å². The number of aliphatic hydroxyl groups excluding tert-OH is 1. The fourth-order valence-corrected chi connectivity index (χ4v) is 29.2. The van der Waals surface area contributed by atoms with Crippen molar-refractivity contribution in [3.63, 3.8) is 0 Å². The van der Waals surface area contributed by atoms with Crippen LogP contribution in [0.3, 0.4) is 0 Å². The Hall–Kier alpha value is -4.51. The third kappa shape index (κ3) is 13.3. The van der Waals surface area contributed by atoms with Gasteiger partial charge in [-0.2, -0.15) is 17.5 Å². The lowest BCUT2D eigenvalue weighted by Crippen LogP contribution is -2.69. The summed E-state index contributed by atoms with van der Waals surface area (Å²) in [7, 11) is -4.03. The lowest BCUT2D eigenvalue weighted by Gasteiger charge is -2.71. The summed E-state index contributed by atoms with van der Waals surface area (Å²) in [5.41, 5.74) is 13.7. The number of aliphatic hydroxyl groups is 1. The molecule has 3 saturated heterocycles. The number of fused-ring (bicyclic) bond motifs is 6.